The zero-order chi connectivity index (χ0) is 15.1. The Morgan fingerprint density at radius 3 is 2.81 bits per heavy atom. The maximum absolute atomic E-state index is 11.4. The molecule has 0 N–H and O–H groups in total. The number of ether oxygens (including phenoxy) is 3. The number of anilines is 1. The van der Waals surface area contributed by atoms with Crippen molar-refractivity contribution in [2.24, 2.45) is 0 Å². The molecule has 2 rings (SSSR count). The van der Waals surface area contributed by atoms with Gasteiger partial charge in [0.05, 0.1) is 32.6 Å². The summed E-state index contributed by atoms with van der Waals surface area (Å²) >= 11 is 0. The van der Waals surface area contributed by atoms with Gasteiger partial charge in [0.15, 0.2) is 0 Å². The molecule has 0 radical (unpaired) electrons. The molecular weight excluding hydrogens is 270 g/mol. The first kappa shape index (κ1) is 15.4. The fourth-order valence-electron chi connectivity index (χ4n) is 2.22. The average molecular weight is 291 g/mol. The minimum atomic E-state index is -0.332. The van der Waals surface area contributed by atoms with Gasteiger partial charge < -0.3 is 19.1 Å². The summed E-state index contributed by atoms with van der Waals surface area (Å²) < 4.78 is 15.7. The maximum Gasteiger partial charge on any atom is 0.330 e. The van der Waals surface area contributed by atoms with Gasteiger partial charge in [-0.1, -0.05) is 6.07 Å². The van der Waals surface area contributed by atoms with E-state index in [4.69, 9.17) is 14.2 Å². The largest absolute Gasteiger partial charge is 0.495 e. The Morgan fingerprint density at radius 2 is 2.14 bits per heavy atom. The molecule has 0 atom stereocenters. The Morgan fingerprint density at radius 1 is 1.38 bits per heavy atom. The molecule has 0 saturated carbocycles. The lowest BCUT2D eigenvalue weighted by atomic mass is 10.1. The predicted octanol–water partition coefficient (Wildman–Crippen LogP) is 2.11. The highest BCUT2D eigenvalue weighted by molar-refractivity contribution is 5.87. The molecule has 1 fully saturated rings. The van der Waals surface area contributed by atoms with Crippen molar-refractivity contribution in [1.82, 2.24) is 0 Å². The Hall–Kier alpha value is -2.01. The van der Waals surface area contributed by atoms with Crippen LogP contribution in [-0.4, -0.2) is 46.0 Å². The zero-order valence-electron chi connectivity index (χ0n) is 12.5. The highest BCUT2D eigenvalue weighted by atomic mass is 16.5. The Balaban J connectivity index is 2.18. The molecular formula is C16H21NO4. The van der Waals surface area contributed by atoms with Gasteiger partial charge in [0, 0.05) is 19.2 Å². The lowest BCUT2D eigenvalue weighted by molar-refractivity contribution is -0.137. The van der Waals surface area contributed by atoms with Crippen LogP contribution in [0.5, 0.6) is 5.75 Å². The number of esters is 1. The van der Waals surface area contributed by atoms with Gasteiger partial charge in [-0.25, -0.2) is 4.79 Å². The molecule has 1 aliphatic heterocycles. The number of carbonyl (C=O) groups excluding carboxylic acids is 1. The van der Waals surface area contributed by atoms with Crippen LogP contribution in [0.3, 0.4) is 0 Å². The number of hydrogen-bond acceptors (Lipinski definition) is 5. The minimum absolute atomic E-state index is 0.332. The van der Waals surface area contributed by atoms with Crippen molar-refractivity contribution in [3.8, 4) is 5.75 Å². The van der Waals surface area contributed by atoms with Crippen LogP contribution < -0.4 is 9.64 Å². The normalized spacial score (nSPS) is 15.2. The van der Waals surface area contributed by atoms with Gasteiger partial charge in [-0.15, -0.1) is 0 Å². The molecule has 21 heavy (non-hydrogen) atoms. The average Bonchev–Trinajstić information content (AvgIpc) is 2.54. The predicted molar refractivity (Wildman–Crippen MR) is 81.7 cm³/mol. The second kappa shape index (κ2) is 7.69. The van der Waals surface area contributed by atoms with E-state index in [1.807, 2.05) is 18.2 Å². The molecule has 1 aromatic rings. The van der Waals surface area contributed by atoms with Gasteiger partial charge >= 0.3 is 5.97 Å². The van der Waals surface area contributed by atoms with Gasteiger partial charge in [-0.3, -0.25) is 0 Å². The SMILES string of the molecule is CCOC(=O)/C=C/c1ccc(OC)c(N2CCOCC2)c1. The van der Waals surface area contributed by atoms with E-state index in [9.17, 15) is 4.79 Å². The fourth-order valence-corrected chi connectivity index (χ4v) is 2.22. The van der Waals surface area contributed by atoms with Crippen LogP contribution in [0.25, 0.3) is 6.08 Å². The quantitative estimate of drug-likeness (QED) is 0.614. The smallest absolute Gasteiger partial charge is 0.330 e. The minimum Gasteiger partial charge on any atom is -0.495 e. The third kappa shape index (κ3) is 4.23. The van der Waals surface area contributed by atoms with E-state index in [1.165, 1.54) is 6.08 Å². The van der Waals surface area contributed by atoms with Crippen LogP contribution in [0.2, 0.25) is 0 Å². The molecule has 1 heterocycles. The number of rotatable bonds is 5. The van der Waals surface area contributed by atoms with Gasteiger partial charge in [-0.2, -0.15) is 0 Å². The number of nitrogens with zero attached hydrogens (tertiary/aromatic N) is 1. The second-order valence-electron chi connectivity index (χ2n) is 4.62. The molecule has 1 aromatic carbocycles. The third-order valence-corrected chi connectivity index (χ3v) is 3.25. The third-order valence-electron chi connectivity index (χ3n) is 3.25. The van der Waals surface area contributed by atoms with E-state index < -0.39 is 0 Å². The lowest BCUT2D eigenvalue weighted by Crippen LogP contribution is -2.36. The summed E-state index contributed by atoms with van der Waals surface area (Å²) in [6.45, 7) is 5.27. The summed E-state index contributed by atoms with van der Waals surface area (Å²) in [6, 6.07) is 5.84. The fraction of sp³-hybridized carbons (Fsp3) is 0.438. The molecule has 1 aliphatic rings. The van der Waals surface area contributed by atoms with E-state index in [2.05, 4.69) is 4.90 Å². The highest BCUT2D eigenvalue weighted by Crippen LogP contribution is 2.30. The summed E-state index contributed by atoms with van der Waals surface area (Å²) in [5.74, 6) is 0.492. The van der Waals surface area contributed by atoms with Crippen molar-refractivity contribution in [3.63, 3.8) is 0 Å². The van der Waals surface area contributed by atoms with Crippen molar-refractivity contribution in [1.29, 1.82) is 0 Å². The summed E-state index contributed by atoms with van der Waals surface area (Å²) in [7, 11) is 1.66. The van der Waals surface area contributed by atoms with Crippen molar-refractivity contribution in [2.45, 2.75) is 6.92 Å². The van der Waals surface area contributed by atoms with Crippen LogP contribution in [0.4, 0.5) is 5.69 Å². The summed E-state index contributed by atoms with van der Waals surface area (Å²) in [6.07, 6.45) is 3.19. The van der Waals surface area contributed by atoms with Gasteiger partial charge in [0.25, 0.3) is 0 Å². The molecule has 5 heteroatoms. The number of morpholine rings is 1. The topological polar surface area (TPSA) is 48.0 Å². The standard InChI is InChI=1S/C16H21NO4/c1-3-21-16(18)7-5-13-4-6-15(19-2)14(12-13)17-8-10-20-11-9-17/h4-7,12H,3,8-11H2,1-2H3/b7-5+. The lowest BCUT2D eigenvalue weighted by Gasteiger charge is -2.30. The first-order chi connectivity index (χ1) is 10.2. The van der Waals surface area contributed by atoms with Crippen molar-refractivity contribution < 1.29 is 19.0 Å². The number of methoxy groups -OCH3 is 1. The van der Waals surface area contributed by atoms with Gasteiger partial charge in [-0.05, 0) is 30.7 Å². The highest BCUT2D eigenvalue weighted by Gasteiger charge is 2.15. The maximum atomic E-state index is 11.4. The zero-order valence-corrected chi connectivity index (χ0v) is 12.5. The van der Waals surface area contributed by atoms with Gasteiger partial charge in [0.2, 0.25) is 0 Å². The number of carbonyl (C=O) groups is 1. The van der Waals surface area contributed by atoms with Crippen molar-refractivity contribution in [3.05, 3.63) is 29.8 Å². The molecule has 0 aromatic heterocycles. The molecule has 0 spiro atoms. The summed E-state index contributed by atoms with van der Waals surface area (Å²) in [5, 5.41) is 0. The van der Waals surface area contributed by atoms with E-state index in [-0.39, 0.29) is 5.97 Å². The molecule has 0 bridgehead atoms. The van der Waals surface area contributed by atoms with Crippen LogP contribution in [-0.2, 0) is 14.3 Å². The first-order valence-electron chi connectivity index (χ1n) is 7.10. The number of benzene rings is 1. The molecule has 0 amide bonds. The molecule has 1 saturated heterocycles. The van der Waals surface area contributed by atoms with E-state index in [0.717, 1.165) is 30.1 Å². The van der Waals surface area contributed by atoms with E-state index in [1.54, 1.807) is 20.1 Å². The van der Waals surface area contributed by atoms with Crippen LogP contribution in [0.15, 0.2) is 24.3 Å². The monoisotopic (exact) mass is 291 g/mol. The first-order valence-corrected chi connectivity index (χ1v) is 7.10. The summed E-state index contributed by atoms with van der Waals surface area (Å²) in [4.78, 5) is 13.6. The van der Waals surface area contributed by atoms with Crippen molar-refractivity contribution in [2.75, 3.05) is 44.9 Å². The molecule has 0 aliphatic carbocycles. The van der Waals surface area contributed by atoms with Gasteiger partial charge in [0.1, 0.15) is 5.75 Å². The van der Waals surface area contributed by atoms with Crippen molar-refractivity contribution >= 4 is 17.7 Å². The van der Waals surface area contributed by atoms with E-state index in [0.29, 0.717) is 19.8 Å². The second-order valence-corrected chi connectivity index (χ2v) is 4.62. The molecule has 5 nitrogen and oxygen atoms in total. The Labute approximate surface area is 125 Å². The molecule has 0 unspecified atom stereocenters. The Kier molecular flexibility index (Phi) is 5.63. The van der Waals surface area contributed by atoms with Crippen LogP contribution in [0, 0.1) is 0 Å². The molecule has 114 valence electrons. The van der Waals surface area contributed by atoms with E-state index >= 15 is 0 Å². The van der Waals surface area contributed by atoms with Crippen LogP contribution in [0.1, 0.15) is 12.5 Å². The summed E-state index contributed by atoms with van der Waals surface area (Å²) in [5.41, 5.74) is 1.96. The Bertz CT molecular complexity index is 507. The van der Waals surface area contributed by atoms with Crippen LogP contribution >= 0.6 is 0 Å². The number of hydrogen-bond donors (Lipinski definition) is 0.